The zero-order valence-corrected chi connectivity index (χ0v) is 9.44. The van der Waals surface area contributed by atoms with Crippen LogP contribution in [0.25, 0.3) is 0 Å². The zero-order valence-electron chi connectivity index (χ0n) is 9.44. The molecule has 1 aromatic heterocycles. The molecule has 1 fully saturated rings. The highest BCUT2D eigenvalue weighted by atomic mass is 16.5. The number of hydrogen-bond acceptors (Lipinski definition) is 3. The van der Waals surface area contributed by atoms with Crippen molar-refractivity contribution in [3.8, 4) is 0 Å². The summed E-state index contributed by atoms with van der Waals surface area (Å²) in [5, 5.41) is 7.67. The predicted molar refractivity (Wildman–Crippen MR) is 58.4 cm³/mol. The quantitative estimate of drug-likeness (QED) is 0.802. The van der Waals surface area contributed by atoms with Crippen molar-refractivity contribution in [3.63, 3.8) is 0 Å². The topological polar surface area (TPSA) is 39.1 Å². The summed E-state index contributed by atoms with van der Waals surface area (Å²) in [7, 11) is 1.97. The van der Waals surface area contributed by atoms with Crippen LogP contribution in [0.3, 0.4) is 0 Å². The minimum absolute atomic E-state index is 0.516. The first-order chi connectivity index (χ1) is 7.27. The van der Waals surface area contributed by atoms with Gasteiger partial charge < -0.3 is 10.1 Å². The molecule has 0 aliphatic carbocycles. The summed E-state index contributed by atoms with van der Waals surface area (Å²) in [5.74, 6) is 0.665. The Kier molecular flexibility index (Phi) is 3.38. The molecule has 0 radical (unpaired) electrons. The predicted octanol–water partition coefficient (Wildman–Crippen LogP) is 0.935. The number of nitrogens with zero attached hydrogens (tertiary/aromatic N) is 2. The third-order valence-electron chi connectivity index (χ3n) is 3.20. The lowest BCUT2D eigenvalue weighted by atomic mass is 10.0. The molecule has 4 heteroatoms. The maximum atomic E-state index is 5.38. The molecular formula is C11H19N3O. The lowest BCUT2D eigenvalue weighted by molar-refractivity contribution is 0.178. The number of ether oxygens (including phenoxy) is 1. The minimum atomic E-state index is 0.516. The molecule has 2 atom stereocenters. The van der Waals surface area contributed by atoms with Gasteiger partial charge in [0.1, 0.15) is 0 Å². The van der Waals surface area contributed by atoms with Gasteiger partial charge in [-0.15, -0.1) is 0 Å². The van der Waals surface area contributed by atoms with Crippen molar-refractivity contribution in [2.75, 3.05) is 13.2 Å². The van der Waals surface area contributed by atoms with E-state index in [1.54, 1.807) is 0 Å². The van der Waals surface area contributed by atoms with Crippen molar-refractivity contribution < 1.29 is 4.74 Å². The Morgan fingerprint density at radius 2 is 2.60 bits per heavy atom. The lowest BCUT2D eigenvalue weighted by Gasteiger charge is -2.19. The Morgan fingerprint density at radius 1 is 1.73 bits per heavy atom. The minimum Gasteiger partial charge on any atom is -0.381 e. The molecule has 1 aliphatic rings. The molecule has 84 valence electrons. The average Bonchev–Trinajstić information content (AvgIpc) is 2.85. The smallest absolute Gasteiger partial charge is 0.0518 e. The maximum absolute atomic E-state index is 5.38. The second-order valence-corrected chi connectivity index (χ2v) is 4.24. The largest absolute Gasteiger partial charge is 0.381 e. The van der Waals surface area contributed by atoms with Crippen molar-refractivity contribution in [2.45, 2.75) is 25.9 Å². The Hall–Kier alpha value is -0.870. The molecule has 1 saturated heterocycles. The Morgan fingerprint density at radius 3 is 3.20 bits per heavy atom. The van der Waals surface area contributed by atoms with Gasteiger partial charge in [-0.25, -0.2) is 0 Å². The van der Waals surface area contributed by atoms with Crippen molar-refractivity contribution in [2.24, 2.45) is 13.0 Å². The summed E-state index contributed by atoms with van der Waals surface area (Å²) in [6, 6.07) is 2.56. The van der Waals surface area contributed by atoms with Gasteiger partial charge in [-0.2, -0.15) is 5.10 Å². The van der Waals surface area contributed by atoms with Gasteiger partial charge in [-0.1, -0.05) is 0 Å². The number of aromatic nitrogens is 2. The molecule has 1 N–H and O–H groups in total. The van der Waals surface area contributed by atoms with Gasteiger partial charge in [0.25, 0.3) is 0 Å². The van der Waals surface area contributed by atoms with Crippen molar-refractivity contribution in [1.82, 2.24) is 15.1 Å². The molecule has 4 nitrogen and oxygen atoms in total. The third-order valence-corrected chi connectivity index (χ3v) is 3.20. The molecule has 1 aliphatic heterocycles. The average molecular weight is 209 g/mol. The van der Waals surface area contributed by atoms with E-state index in [1.165, 1.54) is 12.1 Å². The van der Waals surface area contributed by atoms with E-state index in [-0.39, 0.29) is 0 Å². The van der Waals surface area contributed by atoms with E-state index < -0.39 is 0 Å². The van der Waals surface area contributed by atoms with E-state index in [9.17, 15) is 0 Å². The van der Waals surface area contributed by atoms with E-state index in [1.807, 2.05) is 24.0 Å². The van der Waals surface area contributed by atoms with Crippen LogP contribution < -0.4 is 5.32 Å². The van der Waals surface area contributed by atoms with Gasteiger partial charge >= 0.3 is 0 Å². The SMILES string of the molecule is CC(NCc1ccnn1C)C1CCOC1. The van der Waals surface area contributed by atoms with Crippen molar-refractivity contribution in [1.29, 1.82) is 0 Å². The normalized spacial score (nSPS) is 23.2. The van der Waals surface area contributed by atoms with Crippen LogP contribution in [-0.2, 0) is 18.3 Å². The third kappa shape index (κ3) is 2.58. The molecule has 1 aromatic rings. The molecule has 15 heavy (non-hydrogen) atoms. The second kappa shape index (κ2) is 4.77. The molecule has 0 amide bonds. The highest BCUT2D eigenvalue weighted by Gasteiger charge is 2.21. The summed E-state index contributed by atoms with van der Waals surface area (Å²) in [5.41, 5.74) is 1.22. The lowest BCUT2D eigenvalue weighted by Crippen LogP contribution is -2.33. The van der Waals surface area contributed by atoms with Gasteiger partial charge in [0.2, 0.25) is 0 Å². The van der Waals surface area contributed by atoms with Crippen LogP contribution >= 0.6 is 0 Å². The summed E-state index contributed by atoms with van der Waals surface area (Å²) in [4.78, 5) is 0. The highest BCUT2D eigenvalue weighted by Crippen LogP contribution is 2.16. The molecule has 2 rings (SSSR count). The van der Waals surface area contributed by atoms with E-state index in [0.717, 1.165) is 19.8 Å². The number of aryl methyl sites for hydroxylation is 1. The first-order valence-corrected chi connectivity index (χ1v) is 5.55. The van der Waals surface area contributed by atoms with Gasteiger partial charge in [0, 0.05) is 32.4 Å². The van der Waals surface area contributed by atoms with Crippen LogP contribution in [0, 0.1) is 5.92 Å². The first-order valence-electron chi connectivity index (χ1n) is 5.55. The van der Waals surface area contributed by atoms with Crippen LogP contribution in [-0.4, -0.2) is 29.0 Å². The Bertz CT molecular complexity index is 305. The first kappa shape index (κ1) is 10.6. The van der Waals surface area contributed by atoms with Crippen molar-refractivity contribution >= 4 is 0 Å². The van der Waals surface area contributed by atoms with E-state index in [0.29, 0.717) is 12.0 Å². The molecule has 2 unspecified atom stereocenters. The van der Waals surface area contributed by atoms with Gasteiger partial charge in [-0.05, 0) is 25.3 Å². The van der Waals surface area contributed by atoms with E-state index >= 15 is 0 Å². The number of nitrogens with one attached hydrogen (secondary N) is 1. The Balaban J connectivity index is 1.80. The number of rotatable bonds is 4. The van der Waals surface area contributed by atoms with Crippen LogP contribution in [0.4, 0.5) is 0 Å². The highest BCUT2D eigenvalue weighted by molar-refractivity contribution is 4.99. The monoisotopic (exact) mass is 209 g/mol. The standard InChI is InChI=1S/C11H19N3O/c1-9(10-4-6-15-8-10)12-7-11-3-5-13-14(11)2/h3,5,9-10,12H,4,6-8H2,1-2H3. The molecule has 0 spiro atoms. The van der Waals surface area contributed by atoms with Gasteiger partial charge in [-0.3, -0.25) is 4.68 Å². The molecule has 0 aromatic carbocycles. The number of hydrogen-bond donors (Lipinski definition) is 1. The van der Waals surface area contributed by atoms with E-state index in [4.69, 9.17) is 4.74 Å². The zero-order chi connectivity index (χ0) is 10.7. The fourth-order valence-electron chi connectivity index (χ4n) is 1.95. The molecular weight excluding hydrogens is 190 g/mol. The fraction of sp³-hybridized carbons (Fsp3) is 0.727. The van der Waals surface area contributed by atoms with Gasteiger partial charge in [0.05, 0.1) is 12.3 Å². The summed E-state index contributed by atoms with van der Waals surface area (Å²) in [6.45, 7) is 4.94. The van der Waals surface area contributed by atoms with Crippen LogP contribution in [0.1, 0.15) is 19.0 Å². The van der Waals surface area contributed by atoms with Crippen LogP contribution in [0.5, 0.6) is 0 Å². The molecule has 2 heterocycles. The summed E-state index contributed by atoms with van der Waals surface area (Å²) >= 11 is 0. The molecule has 0 bridgehead atoms. The van der Waals surface area contributed by atoms with E-state index in [2.05, 4.69) is 17.3 Å². The van der Waals surface area contributed by atoms with Crippen molar-refractivity contribution in [3.05, 3.63) is 18.0 Å². The van der Waals surface area contributed by atoms with Crippen LogP contribution in [0.2, 0.25) is 0 Å². The molecule has 0 saturated carbocycles. The summed E-state index contributed by atoms with van der Waals surface area (Å²) in [6.07, 6.45) is 3.01. The summed E-state index contributed by atoms with van der Waals surface area (Å²) < 4.78 is 7.29. The van der Waals surface area contributed by atoms with Gasteiger partial charge in [0.15, 0.2) is 0 Å². The Labute approximate surface area is 90.6 Å². The van der Waals surface area contributed by atoms with Crippen LogP contribution in [0.15, 0.2) is 12.3 Å². The maximum Gasteiger partial charge on any atom is 0.0518 e. The fourth-order valence-corrected chi connectivity index (χ4v) is 1.95. The second-order valence-electron chi connectivity index (χ2n) is 4.24.